The summed E-state index contributed by atoms with van der Waals surface area (Å²) in [6, 6.07) is 2.34. The predicted octanol–water partition coefficient (Wildman–Crippen LogP) is 2.47. The quantitative estimate of drug-likeness (QED) is 0.424. The maximum absolute atomic E-state index is 12.0. The van der Waals surface area contributed by atoms with E-state index >= 15 is 0 Å². The van der Waals surface area contributed by atoms with E-state index < -0.39 is 19.9 Å². The van der Waals surface area contributed by atoms with E-state index in [1.165, 1.54) is 13.2 Å². The molecule has 0 saturated heterocycles. The first kappa shape index (κ1) is 18.0. The Morgan fingerprint density at radius 1 is 1.29 bits per heavy atom. The first-order chi connectivity index (χ1) is 9.81. The molecule has 6 nitrogen and oxygen atoms in total. The molecule has 0 radical (unpaired) electrons. The Hall–Kier alpha value is -1.02. The maximum Gasteiger partial charge on any atom is 0.342 e. The van der Waals surface area contributed by atoms with E-state index in [2.05, 4.69) is 0 Å². The Morgan fingerprint density at radius 3 is 2.48 bits per heavy atom. The number of carbonyl (C=O) groups excluding carboxylic acids is 1. The van der Waals surface area contributed by atoms with Crippen LogP contribution >= 0.6 is 22.3 Å². The zero-order chi connectivity index (χ0) is 16.0. The molecule has 0 aliphatic rings. The van der Waals surface area contributed by atoms with Gasteiger partial charge in [-0.25, -0.2) is 13.2 Å². The predicted molar refractivity (Wildman–Crippen MR) is 77.8 cm³/mol. The lowest BCUT2D eigenvalue weighted by Crippen LogP contribution is -2.13. The molecule has 0 atom stereocenters. The minimum absolute atomic E-state index is 0.0191. The van der Waals surface area contributed by atoms with Crippen LogP contribution in [0.4, 0.5) is 0 Å². The van der Waals surface area contributed by atoms with Gasteiger partial charge in [0.15, 0.2) is 5.75 Å². The third kappa shape index (κ3) is 5.03. The summed E-state index contributed by atoms with van der Waals surface area (Å²) in [4.78, 5) is 11.6. The SMILES string of the molecule is CCOCCOC(=O)c1cc(Cl)cc(S(=O)(=O)Cl)c1OC. The van der Waals surface area contributed by atoms with Crippen molar-refractivity contribution in [2.75, 3.05) is 26.9 Å². The number of esters is 1. The number of carbonyl (C=O) groups is 1. The standard InChI is InChI=1S/C12H14Cl2O6S/c1-3-19-4-5-20-12(15)9-6-8(13)7-10(11(9)18-2)21(14,16)17/h6-7H,3-5H2,1-2H3. The van der Waals surface area contributed by atoms with E-state index in [0.29, 0.717) is 6.61 Å². The molecule has 9 heteroatoms. The molecule has 0 heterocycles. The van der Waals surface area contributed by atoms with Gasteiger partial charge >= 0.3 is 5.97 Å². The first-order valence-electron chi connectivity index (χ1n) is 5.88. The highest BCUT2D eigenvalue weighted by atomic mass is 35.7. The molecule has 0 unspecified atom stereocenters. The average Bonchev–Trinajstić information content (AvgIpc) is 2.41. The highest BCUT2D eigenvalue weighted by Gasteiger charge is 2.25. The highest BCUT2D eigenvalue weighted by molar-refractivity contribution is 8.13. The normalized spacial score (nSPS) is 11.2. The number of rotatable bonds is 7. The summed E-state index contributed by atoms with van der Waals surface area (Å²) < 4.78 is 37.9. The molecule has 0 aliphatic heterocycles. The second-order valence-electron chi connectivity index (χ2n) is 3.76. The minimum Gasteiger partial charge on any atom is -0.494 e. The van der Waals surface area contributed by atoms with Crippen LogP contribution in [0, 0.1) is 0 Å². The van der Waals surface area contributed by atoms with Crippen LogP contribution in [-0.4, -0.2) is 41.3 Å². The van der Waals surface area contributed by atoms with Gasteiger partial charge in [-0.2, -0.15) is 0 Å². The molecular weight excluding hydrogens is 343 g/mol. The van der Waals surface area contributed by atoms with Gasteiger partial charge in [0.25, 0.3) is 9.05 Å². The van der Waals surface area contributed by atoms with Crippen LogP contribution in [0.3, 0.4) is 0 Å². The number of methoxy groups -OCH3 is 1. The largest absolute Gasteiger partial charge is 0.494 e. The Bertz CT molecular complexity index is 614. The van der Waals surface area contributed by atoms with Crippen LogP contribution in [0.2, 0.25) is 5.02 Å². The fourth-order valence-corrected chi connectivity index (χ4v) is 2.84. The van der Waals surface area contributed by atoms with E-state index in [1.807, 2.05) is 0 Å². The molecule has 1 aromatic carbocycles. The van der Waals surface area contributed by atoms with Gasteiger partial charge < -0.3 is 14.2 Å². The number of halogens is 2. The van der Waals surface area contributed by atoms with Crippen LogP contribution in [0.15, 0.2) is 17.0 Å². The second-order valence-corrected chi connectivity index (χ2v) is 6.73. The van der Waals surface area contributed by atoms with E-state index in [0.717, 1.165) is 6.07 Å². The van der Waals surface area contributed by atoms with Crippen molar-refractivity contribution < 1.29 is 27.4 Å². The Morgan fingerprint density at radius 2 is 1.95 bits per heavy atom. The third-order valence-corrected chi connectivity index (χ3v) is 3.92. The van der Waals surface area contributed by atoms with Gasteiger partial charge in [0.1, 0.15) is 17.1 Å². The molecule has 0 fully saturated rings. The summed E-state index contributed by atoms with van der Waals surface area (Å²) in [6.07, 6.45) is 0. The fourth-order valence-electron chi connectivity index (χ4n) is 1.53. The lowest BCUT2D eigenvalue weighted by atomic mass is 10.2. The van der Waals surface area contributed by atoms with E-state index in [1.54, 1.807) is 6.92 Å². The van der Waals surface area contributed by atoms with Gasteiger partial charge in [0.05, 0.1) is 13.7 Å². The molecular formula is C12H14Cl2O6S. The zero-order valence-electron chi connectivity index (χ0n) is 11.4. The Balaban J connectivity index is 3.12. The van der Waals surface area contributed by atoms with Crippen molar-refractivity contribution in [1.82, 2.24) is 0 Å². The van der Waals surface area contributed by atoms with Crippen molar-refractivity contribution in [3.63, 3.8) is 0 Å². The molecule has 0 spiro atoms. The van der Waals surface area contributed by atoms with Crippen LogP contribution in [-0.2, 0) is 18.5 Å². The molecule has 0 bridgehead atoms. The van der Waals surface area contributed by atoms with Crippen LogP contribution in [0.5, 0.6) is 5.75 Å². The Labute approximate surface area is 132 Å². The number of benzene rings is 1. The van der Waals surface area contributed by atoms with Crippen LogP contribution < -0.4 is 4.74 Å². The first-order valence-corrected chi connectivity index (χ1v) is 8.57. The van der Waals surface area contributed by atoms with Crippen molar-refractivity contribution in [1.29, 1.82) is 0 Å². The summed E-state index contributed by atoms with van der Waals surface area (Å²) in [6.45, 7) is 2.54. The maximum atomic E-state index is 12.0. The molecule has 1 rings (SSSR count). The lowest BCUT2D eigenvalue weighted by molar-refractivity contribution is 0.0332. The average molecular weight is 357 g/mol. The highest BCUT2D eigenvalue weighted by Crippen LogP contribution is 2.34. The van der Waals surface area contributed by atoms with E-state index in [-0.39, 0.29) is 29.5 Å². The van der Waals surface area contributed by atoms with Crippen LogP contribution in [0.25, 0.3) is 0 Å². The number of ether oxygens (including phenoxy) is 3. The summed E-state index contributed by atoms with van der Waals surface area (Å²) >= 11 is 5.80. The molecule has 0 aromatic heterocycles. The molecule has 0 aliphatic carbocycles. The fraction of sp³-hybridized carbons (Fsp3) is 0.417. The molecule has 0 saturated carbocycles. The van der Waals surface area contributed by atoms with Crippen molar-refractivity contribution in [3.05, 3.63) is 22.7 Å². The monoisotopic (exact) mass is 356 g/mol. The van der Waals surface area contributed by atoms with Gasteiger partial charge in [0.2, 0.25) is 0 Å². The van der Waals surface area contributed by atoms with Crippen molar-refractivity contribution in [2.45, 2.75) is 11.8 Å². The molecule has 21 heavy (non-hydrogen) atoms. The lowest BCUT2D eigenvalue weighted by Gasteiger charge is -2.12. The van der Waals surface area contributed by atoms with Gasteiger partial charge in [-0.05, 0) is 19.1 Å². The van der Waals surface area contributed by atoms with E-state index in [9.17, 15) is 13.2 Å². The Kier molecular flexibility index (Phi) is 6.73. The topological polar surface area (TPSA) is 78.9 Å². The van der Waals surface area contributed by atoms with Crippen molar-refractivity contribution >= 4 is 37.3 Å². The molecule has 0 amide bonds. The molecule has 1 aromatic rings. The third-order valence-electron chi connectivity index (χ3n) is 2.37. The number of hydrogen-bond acceptors (Lipinski definition) is 6. The van der Waals surface area contributed by atoms with Gasteiger partial charge in [0, 0.05) is 22.3 Å². The van der Waals surface area contributed by atoms with Gasteiger partial charge in [-0.1, -0.05) is 11.6 Å². The number of hydrogen-bond donors (Lipinski definition) is 0. The van der Waals surface area contributed by atoms with E-state index in [4.69, 9.17) is 36.5 Å². The molecule has 118 valence electrons. The van der Waals surface area contributed by atoms with Crippen LogP contribution in [0.1, 0.15) is 17.3 Å². The summed E-state index contributed by atoms with van der Waals surface area (Å²) in [5.74, 6) is -0.994. The molecule has 0 N–H and O–H groups in total. The van der Waals surface area contributed by atoms with Crippen molar-refractivity contribution in [3.8, 4) is 5.75 Å². The second kappa shape index (κ2) is 7.84. The van der Waals surface area contributed by atoms with Crippen molar-refractivity contribution in [2.24, 2.45) is 0 Å². The zero-order valence-corrected chi connectivity index (χ0v) is 13.7. The van der Waals surface area contributed by atoms with Gasteiger partial charge in [-0.15, -0.1) is 0 Å². The summed E-state index contributed by atoms with van der Waals surface area (Å²) in [7, 11) is 2.39. The van der Waals surface area contributed by atoms with Gasteiger partial charge in [-0.3, -0.25) is 0 Å². The smallest absolute Gasteiger partial charge is 0.342 e. The minimum atomic E-state index is -4.12. The summed E-state index contributed by atoms with van der Waals surface area (Å²) in [5.41, 5.74) is -0.124. The summed E-state index contributed by atoms with van der Waals surface area (Å²) in [5, 5.41) is 0.0202.